The monoisotopic (exact) mass is 458 g/mol. The van der Waals surface area contributed by atoms with Crippen LogP contribution in [-0.4, -0.2) is 7.11 Å². The lowest BCUT2D eigenvalue weighted by Crippen LogP contribution is -1.95. The number of rotatable bonds is 3. The van der Waals surface area contributed by atoms with Crippen molar-refractivity contribution in [1.29, 1.82) is 5.26 Å². The first-order valence-corrected chi connectivity index (χ1v) is 7.92. The van der Waals surface area contributed by atoms with Crippen LogP contribution in [0.4, 0.5) is 11.4 Å². The molecule has 2 rings (SSSR count). The number of nitrogens with one attached hydrogen (secondary N) is 1. The van der Waals surface area contributed by atoms with Crippen LogP contribution in [0.3, 0.4) is 0 Å². The fraction of sp³-hybridized carbons (Fsp3) is 0.0714. The summed E-state index contributed by atoms with van der Waals surface area (Å²) in [6.07, 6.45) is 0. The highest BCUT2D eigenvalue weighted by Crippen LogP contribution is 2.37. The van der Waals surface area contributed by atoms with Gasteiger partial charge in [0.15, 0.2) is 0 Å². The zero-order valence-electron chi connectivity index (χ0n) is 10.4. The summed E-state index contributed by atoms with van der Waals surface area (Å²) in [5.74, 6) is 0.737. The van der Waals surface area contributed by atoms with Gasteiger partial charge in [-0.05, 0) is 72.1 Å². The molecule has 102 valence electrons. The second kappa shape index (κ2) is 6.61. The molecule has 0 heterocycles. The van der Waals surface area contributed by atoms with E-state index in [9.17, 15) is 0 Å². The number of hydrogen-bond acceptors (Lipinski definition) is 3. The Morgan fingerprint density at radius 1 is 1.00 bits per heavy atom. The van der Waals surface area contributed by atoms with Crippen molar-refractivity contribution in [3.63, 3.8) is 0 Å². The third kappa shape index (κ3) is 3.35. The summed E-state index contributed by atoms with van der Waals surface area (Å²) >= 11 is 10.4. The summed E-state index contributed by atoms with van der Waals surface area (Å²) in [6, 6.07) is 11.3. The first-order valence-electron chi connectivity index (χ1n) is 5.55. The molecule has 0 fully saturated rings. The van der Waals surface area contributed by atoms with Gasteiger partial charge in [-0.15, -0.1) is 0 Å². The maximum atomic E-state index is 8.87. The SMILES string of the molecule is COc1cc(Nc2ccc(C#N)cc2Br)c(Br)cc1Br. The van der Waals surface area contributed by atoms with Crippen LogP contribution >= 0.6 is 47.8 Å². The smallest absolute Gasteiger partial charge is 0.135 e. The van der Waals surface area contributed by atoms with Crippen LogP contribution < -0.4 is 10.1 Å². The Hall–Kier alpha value is -1.03. The molecule has 0 unspecified atom stereocenters. The van der Waals surface area contributed by atoms with Crippen LogP contribution in [0, 0.1) is 11.3 Å². The molecule has 0 atom stereocenters. The van der Waals surface area contributed by atoms with Crippen LogP contribution in [0.15, 0.2) is 43.7 Å². The van der Waals surface area contributed by atoms with Crippen molar-refractivity contribution in [2.75, 3.05) is 12.4 Å². The van der Waals surface area contributed by atoms with Gasteiger partial charge in [0, 0.05) is 15.0 Å². The van der Waals surface area contributed by atoms with Crippen LogP contribution in [0.5, 0.6) is 5.75 Å². The summed E-state index contributed by atoms with van der Waals surface area (Å²) in [7, 11) is 1.62. The minimum Gasteiger partial charge on any atom is -0.495 e. The molecule has 0 bridgehead atoms. The molecule has 0 aliphatic rings. The van der Waals surface area contributed by atoms with E-state index in [2.05, 4.69) is 59.2 Å². The Balaban J connectivity index is 2.37. The predicted molar refractivity (Wildman–Crippen MR) is 90.5 cm³/mol. The van der Waals surface area contributed by atoms with Gasteiger partial charge in [-0.25, -0.2) is 0 Å². The van der Waals surface area contributed by atoms with E-state index in [1.807, 2.05) is 18.2 Å². The van der Waals surface area contributed by atoms with Crippen LogP contribution in [-0.2, 0) is 0 Å². The number of methoxy groups -OCH3 is 1. The average molecular weight is 461 g/mol. The lowest BCUT2D eigenvalue weighted by molar-refractivity contribution is 0.412. The standard InChI is InChI=1S/C14H9Br3N2O/c1-20-14-6-13(10(16)5-11(14)17)19-12-3-2-8(7-18)4-9(12)15/h2-6,19H,1H3. The molecule has 0 saturated heterocycles. The zero-order chi connectivity index (χ0) is 14.7. The Kier molecular flexibility index (Phi) is 5.08. The van der Waals surface area contributed by atoms with Gasteiger partial charge in [0.2, 0.25) is 0 Å². The van der Waals surface area contributed by atoms with Crippen LogP contribution in [0.1, 0.15) is 5.56 Å². The molecule has 0 spiro atoms. The normalized spacial score (nSPS) is 9.95. The molecule has 0 aromatic heterocycles. The quantitative estimate of drug-likeness (QED) is 0.648. The highest BCUT2D eigenvalue weighted by atomic mass is 79.9. The first-order chi connectivity index (χ1) is 9.55. The predicted octanol–water partition coefficient (Wildman–Crippen LogP) is 5.60. The van der Waals surface area contributed by atoms with Crippen molar-refractivity contribution < 1.29 is 4.74 Å². The summed E-state index contributed by atoms with van der Waals surface area (Å²) in [6.45, 7) is 0. The summed E-state index contributed by atoms with van der Waals surface area (Å²) in [5.41, 5.74) is 2.35. The number of benzene rings is 2. The molecule has 0 aliphatic carbocycles. The number of nitriles is 1. The highest BCUT2D eigenvalue weighted by Gasteiger charge is 2.09. The summed E-state index contributed by atoms with van der Waals surface area (Å²) in [5, 5.41) is 12.2. The fourth-order valence-corrected chi connectivity index (χ4v) is 3.35. The number of ether oxygens (including phenoxy) is 1. The van der Waals surface area contributed by atoms with Crippen molar-refractivity contribution >= 4 is 59.2 Å². The van der Waals surface area contributed by atoms with E-state index < -0.39 is 0 Å². The lowest BCUT2D eigenvalue weighted by atomic mass is 10.2. The minimum atomic E-state index is 0.606. The van der Waals surface area contributed by atoms with Gasteiger partial charge in [-0.1, -0.05) is 0 Å². The largest absolute Gasteiger partial charge is 0.495 e. The van der Waals surface area contributed by atoms with Gasteiger partial charge >= 0.3 is 0 Å². The van der Waals surface area contributed by atoms with Gasteiger partial charge in [-0.3, -0.25) is 0 Å². The Labute approximate surface area is 142 Å². The van der Waals surface area contributed by atoms with Crippen LogP contribution in [0.25, 0.3) is 0 Å². The molecule has 1 N–H and O–H groups in total. The molecular weight excluding hydrogens is 452 g/mol. The lowest BCUT2D eigenvalue weighted by Gasteiger charge is -2.13. The van der Waals surface area contributed by atoms with Gasteiger partial charge in [-0.2, -0.15) is 5.26 Å². The Morgan fingerprint density at radius 2 is 1.70 bits per heavy atom. The zero-order valence-corrected chi connectivity index (χ0v) is 15.1. The van der Waals surface area contributed by atoms with Gasteiger partial charge in [0.25, 0.3) is 0 Å². The number of anilines is 2. The summed E-state index contributed by atoms with van der Waals surface area (Å²) in [4.78, 5) is 0. The van der Waals surface area contributed by atoms with E-state index in [4.69, 9.17) is 10.00 Å². The fourth-order valence-electron chi connectivity index (χ4n) is 1.61. The molecule has 0 aliphatic heterocycles. The molecule has 20 heavy (non-hydrogen) atoms. The molecule has 2 aromatic carbocycles. The van der Waals surface area contributed by atoms with E-state index >= 15 is 0 Å². The number of nitrogens with zero attached hydrogens (tertiary/aromatic N) is 1. The minimum absolute atomic E-state index is 0.606. The van der Waals surface area contributed by atoms with Gasteiger partial charge in [0.1, 0.15) is 5.75 Å². The number of halogens is 3. The van der Waals surface area contributed by atoms with E-state index in [1.165, 1.54) is 0 Å². The van der Waals surface area contributed by atoms with Crippen molar-refractivity contribution in [1.82, 2.24) is 0 Å². The molecule has 2 aromatic rings. The third-order valence-electron chi connectivity index (χ3n) is 2.61. The maximum absolute atomic E-state index is 8.87. The molecule has 0 radical (unpaired) electrons. The van der Waals surface area contributed by atoms with E-state index in [-0.39, 0.29) is 0 Å². The molecule has 0 saturated carbocycles. The third-order valence-corrected chi connectivity index (χ3v) is 4.54. The molecule has 3 nitrogen and oxygen atoms in total. The summed E-state index contributed by atoms with van der Waals surface area (Å²) < 4.78 is 7.88. The van der Waals surface area contributed by atoms with E-state index in [0.29, 0.717) is 5.56 Å². The van der Waals surface area contributed by atoms with Crippen molar-refractivity contribution in [2.24, 2.45) is 0 Å². The topological polar surface area (TPSA) is 45.0 Å². The molecule has 6 heteroatoms. The van der Waals surface area contributed by atoms with E-state index in [1.54, 1.807) is 19.2 Å². The molecular formula is C14H9Br3N2O. The van der Waals surface area contributed by atoms with Crippen molar-refractivity contribution in [3.05, 3.63) is 49.3 Å². The van der Waals surface area contributed by atoms with Gasteiger partial charge < -0.3 is 10.1 Å². The van der Waals surface area contributed by atoms with Crippen LogP contribution in [0.2, 0.25) is 0 Å². The van der Waals surface area contributed by atoms with Crippen molar-refractivity contribution in [3.8, 4) is 11.8 Å². The highest BCUT2D eigenvalue weighted by molar-refractivity contribution is 9.11. The molecule has 0 amide bonds. The number of hydrogen-bond donors (Lipinski definition) is 1. The second-order valence-corrected chi connectivity index (χ2v) is 6.46. The average Bonchev–Trinajstić information content (AvgIpc) is 2.43. The van der Waals surface area contributed by atoms with E-state index in [0.717, 1.165) is 30.5 Å². The van der Waals surface area contributed by atoms with Crippen molar-refractivity contribution in [2.45, 2.75) is 0 Å². The Bertz CT molecular complexity index is 696. The van der Waals surface area contributed by atoms with Gasteiger partial charge in [0.05, 0.1) is 34.6 Å². The Morgan fingerprint density at radius 3 is 2.30 bits per heavy atom. The second-order valence-electron chi connectivity index (χ2n) is 3.90. The first kappa shape index (κ1) is 15.4. The maximum Gasteiger partial charge on any atom is 0.135 e.